The number of carbonyl (C=O) groups is 1. The molecule has 2 aromatic carbocycles. The molecule has 2 atom stereocenters. The Bertz CT molecular complexity index is 1050. The molecule has 0 saturated carbocycles. The normalized spacial score (nSPS) is 22.8. The van der Waals surface area contributed by atoms with E-state index in [0.717, 1.165) is 5.56 Å². The van der Waals surface area contributed by atoms with Crippen molar-refractivity contribution in [1.82, 2.24) is 9.37 Å². The van der Waals surface area contributed by atoms with Crippen LogP contribution in [0.2, 0.25) is 0 Å². The minimum atomic E-state index is -3.65. The van der Waals surface area contributed by atoms with Crippen LogP contribution in [0.3, 0.4) is 0 Å². The van der Waals surface area contributed by atoms with Gasteiger partial charge in [-0.2, -0.15) is 5.06 Å². The van der Waals surface area contributed by atoms with Crippen LogP contribution in [-0.4, -0.2) is 62.4 Å². The summed E-state index contributed by atoms with van der Waals surface area (Å²) in [6.07, 6.45) is 0.930. The van der Waals surface area contributed by atoms with E-state index >= 15 is 0 Å². The van der Waals surface area contributed by atoms with Gasteiger partial charge in [-0.1, -0.05) is 30.3 Å². The molecule has 2 aliphatic heterocycles. The van der Waals surface area contributed by atoms with Gasteiger partial charge in [0.1, 0.15) is 16.7 Å². The van der Waals surface area contributed by atoms with Crippen molar-refractivity contribution in [1.29, 1.82) is 0 Å². The Morgan fingerprint density at radius 1 is 1.06 bits per heavy atom. The Morgan fingerprint density at radius 2 is 1.76 bits per heavy atom. The maximum atomic E-state index is 13.6. The molecule has 8 nitrogen and oxygen atoms in total. The number of esters is 1. The second-order valence-corrected chi connectivity index (χ2v) is 10.4. The Labute approximate surface area is 195 Å². The van der Waals surface area contributed by atoms with E-state index in [9.17, 15) is 13.2 Å². The van der Waals surface area contributed by atoms with Crippen molar-refractivity contribution in [3.63, 3.8) is 0 Å². The second kappa shape index (κ2) is 10.2. The molecule has 33 heavy (non-hydrogen) atoms. The first-order chi connectivity index (χ1) is 15.9. The Balaban J connectivity index is 1.50. The van der Waals surface area contributed by atoms with Gasteiger partial charge in [-0.25, -0.2) is 12.7 Å². The highest BCUT2D eigenvalue weighted by atomic mass is 32.2. The molecule has 4 rings (SSSR count). The van der Waals surface area contributed by atoms with E-state index in [1.165, 1.54) is 4.31 Å². The minimum Gasteiger partial charge on any atom is -0.466 e. The zero-order valence-electron chi connectivity index (χ0n) is 18.9. The number of hydrogen-bond acceptors (Lipinski definition) is 7. The maximum absolute atomic E-state index is 13.6. The summed E-state index contributed by atoms with van der Waals surface area (Å²) < 4.78 is 39.7. The number of piperidine rings is 1. The van der Waals surface area contributed by atoms with E-state index in [1.807, 2.05) is 54.6 Å². The van der Waals surface area contributed by atoms with E-state index in [1.54, 1.807) is 19.0 Å². The third-order valence-corrected chi connectivity index (χ3v) is 8.43. The Morgan fingerprint density at radius 3 is 2.45 bits per heavy atom. The number of para-hydroxylation sites is 1. The topological polar surface area (TPSA) is 85.4 Å². The summed E-state index contributed by atoms with van der Waals surface area (Å²) in [6.45, 7) is 2.78. The summed E-state index contributed by atoms with van der Waals surface area (Å²) in [7, 11) is -1.90. The predicted molar refractivity (Wildman–Crippen MR) is 123 cm³/mol. The lowest BCUT2D eigenvalue weighted by atomic mass is 9.98. The molecule has 0 bridgehead atoms. The molecule has 0 unspecified atom stereocenters. The van der Waals surface area contributed by atoms with Gasteiger partial charge in [0.2, 0.25) is 10.0 Å². The highest BCUT2D eigenvalue weighted by Crippen LogP contribution is 2.37. The van der Waals surface area contributed by atoms with Crippen LogP contribution in [0.15, 0.2) is 54.6 Å². The highest BCUT2D eigenvalue weighted by Gasteiger charge is 2.46. The fourth-order valence-corrected chi connectivity index (χ4v) is 6.44. The maximum Gasteiger partial charge on any atom is 0.309 e. The van der Waals surface area contributed by atoms with Crippen LogP contribution < -0.4 is 4.74 Å². The number of sulfonamides is 1. The Hall–Kier alpha value is -2.46. The first-order valence-electron chi connectivity index (χ1n) is 11.2. The number of carbonyl (C=O) groups excluding carboxylic acids is 1. The second-order valence-electron chi connectivity index (χ2n) is 8.28. The predicted octanol–water partition coefficient (Wildman–Crippen LogP) is 3.37. The first kappa shape index (κ1) is 23.7. The molecule has 2 aliphatic rings. The van der Waals surface area contributed by atoms with Crippen LogP contribution in [0.4, 0.5) is 0 Å². The molecule has 0 radical (unpaired) electrons. The van der Waals surface area contributed by atoms with E-state index in [0.29, 0.717) is 44.0 Å². The van der Waals surface area contributed by atoms with Gasteiger partial charge in [-0.05, 0) is 49.6 Å². The number of nitrogens with zero attached hydrogens (tertiary/aromatic N) is 2. The zero-order chi connectivity index (χ0) is 23.4. The van der Waals surface area contributed by atoms with Crippen molar-refractivity contribution in [2.24, 2.45) is 5.92 Å². The highest BCUT2D eigenvalue weighted by molar-refractivity contribution is 7.89. The van der Waals surface area contributed by atoms with Gasteiger partial charge in [-0.15, -0.1) is 0 Å². The summed E-state index contributed by atoms with van der Waals surface area (Å²) >= 11 is 0. The number of rotatable bonds is 7. The monoisotopic (exact) mass is 474 g/mol. The molecular formula is C24H30N2O6S. The standard InChI is InChI=1S/C24H30N2O6S/c1-3-30-24(27)18-12-14-26(15-13-18)33(28,29)22-17-31-25(2)23(22)19-8-7-11-21(16-19)32-20-9-5-4-6-10-20/h4-11,16,18,22-23H,3,12-15,17H2,1-2H3/t22-,23-/m1/s1. The van der Waals surface area contributed by atoms with Gasteiger partial charge in [0.25, 0.3) is 0 Å². The third kappa shape index (κ3) is 5.22. The average molecular weight is 475 g/mol. The van der Waals surface area contributed by atoms with E-state index < -0.39 is 21.3 Å². The molecule has 2 saturated heterocycles. The quantitative estimate of drug-likeness (QED) is 0.569. The number of ether oxygens (including phenoxy) is 2. The minimum absolute atomic E-state index is 0.0745. The van der Waals surface area contributed by atoms with E-state index in [4.69, 9.17) is 14.3 Å². The van der Waals surface area contributed by atoms with Crippen LogP contribution in [0, 0.1) is 5.92 Å². The molecular weight excluding hydrogens is 444 g/mol. The van der Waals surface area contributed by atoms with Gasteiger partial charge >= 0.3 is 5.97 Å². The summed E-state index contributed by atoms with van der Waals surface area (Å²) in [5.41, 5.74) is 0.804. The number of hydrogen-bond donors (Lipinski definition) is 0. The van der Waals surface area contributed by atoms with Crippen LogP contribution in [0.1, 0.15) is 31.4 Å². The molecule has 178 valence electrons. The molecule has 2 aromatic rings. The Kier molecular flexibility index (Phi) is 7.33. The van der Waals surface area contributed by atoms with Crippen molar-refractivity contribution in [3.05, 3.63) is 60.2 Å². The van der Waals surface area contributed by atoms with Crippen LogP contribution in [-0.2, 0) is 24.4 Å². The fourth-order valence-electron chi connectivity index (χ4n) is 4.45. The molecule has 2 heterocycles. The largest absolute Gasteiger partial charge is 0.466 e. The van der Waals surface area contributed by atoms with Gasteiger partial charge in [0, 0.05) is 20.1 Å². The van der Waals surface area contributed by atoms with Gasteiger partial charge in [-0.3, -0.25) is 9.63 Å². The van der Waals surface area contributed by atoms with Gasteiger partial charge < -0.3 is 9.47 Å². The fraction of sp³-hybridized carbons (Fsp3) is 0.458. The van der Waals surface area contributed by atoms with Crippen LogP contribution in [0.5, 0.6) is 11.5 Å². The van der Waals surface area contributed by atoms with E-state index in [-0.39, 0.29) is 18.5 Å². The lowest BCUT2D eigenvalue weighted by Crippen LogP contribution is -2.46. The number of benzene rings is 2. The first-order valence-corrected chi connectivity index (χ1v) is 12.7. The number of hydroxylamine groups is 2. The van der Waals surface area contributed by atoms with Gasteiger partial charge in [0.15, 0.2) is 0 Å². The van der Waals surface area contributed by atoms with Crippen molar-refractivity contribution in [2.45, 2.75) is 31.1 Å². The van der Waals surface area contributed by atoms with Crippen molar-refractivity contribution in [3.8, 4) is 11.5 Å². The third-order valence-electron chi connectivity index (χ3n) is 6.18. The van der Waals surface area contributed by atoms with Crippen LogP contribution >= 0.6 is 0 Å². The molecule has 0 aromatic heterocycles. The van der Waals surface area contributed by atoms with E-state index in [2.05, 4.69) is 0 Å². The van der Waals surface area contributed by atoms with Crippen molar-refractivity contribution >= 4 is 16.0 Å². The molecule has 0 aliphatic carbocycles. The molecule has 9 heteroatoms. The van der Waals surface area contributed by atoms with Gasteiger partial charge in [0.05, 0.1) is 25.2 Å². The molecule has 0 spiro atoms. The summed E-state index contributed by atoms with van der Waals surface area (Å²) in [5, 5.41) is 0.850. The van der Waals surface area contributed by atoms with Crippen molar-refractivity contribution < 1.29 is 27.5 Å². The SMILES string of the molecule is CCOC(=O)C1CCN(S(=O)(=O)[C@@H]2CON(C)[C@@H]2c2cccc(Oc3ccccc3)c2)CC1. The molecule has 0 amide bonds. The van der Waals surface area contributed by atoms with Crippen molar-refractivity contribution in [2.75, 3.05) is 33.4 Å². The molecule has 2 fully saturated rings. The summed E-state index contributed by atoms with van der Waals surface area (Å²) in [5.74, 6) is 0.845. The molecule has 0 N–H and O–H groups in total. The average Bonchev–Trinajstić information content (AvgIpc) is 3.22. The summed E-state index contributed by atoms with van der Waals surface area (Å²) in [6, 6.07) is 16.4. The zero-order valence-corrected chi connectivity index (χ0v) is 19.7. The van der Waals surface area contributed by atoms with Crippen LogP contribution in [0.25, 0.3) is 0 Å². The summed E-state index contributed by atoms with van der Waals surface area (Å²) in [4.78, 5) is 17.7. The lowest BCUT2D eigenvalue weighted by Gasteiger charge is -2.33. The lowest BCUT2D eigenvalue weighted by molar-refractivity contribution is -0.149. The smallest absolute Gasteiger partial charge is 0.309 e.